The van der Waals surface area contributed by atoms with Crippen LogP contribution < -0.4 is 10.1 Å². The molecule has 1 aromatic rings. The Kier molecular flexibility index (Phi) is 6.45. The molecular weight excluding hydrogens is 264 g/mol. The van der Waals surface area contributed by atoms with Crippen molar-refractivity contribution in [2.45, 2.75) is 19.3 Å². The van der Waals surface area contributed by atoms with Crippen LogP contribution >= 0.6 is 0 Å². The summed E-state index contributed by atoms with van der Waals surface area (Å²) < 4.78 is 5.00. The van der Waals surface area contributed by atoms with Gasteiger partial charge in [0.15, 0.2) is 5.56 Å². The Labute approximate surface area is 116 Å². The van der Waals surface area contributed by atoms with E-state index in [4.69, 9.17) is 9.84 Å². The maximum absolute atomic E-state index is 12.0. The van der Waals surface area contributed by atoms with E-state index in [2.05, 4.69) is 5.32 Å². The molecule has 110 valence electrons. The molecule has 0 unspecified atom stereocenters. The number of amides is 1. The van der Waals surface area contributed by atoms with E-state index in [1.165, 1.54) is 25.3 Å². The number of rotatable bonds is 8. The van der Waals surface area contributed by atoms with Gasteiger partial charge in [-0.15, -0.1) is 0 Å². The number of methoxy groups -OCH3 is 1. The van der Waals surface area contributed by atoms with Crippen molar-refractivity contribution in [1.82, 2.24) is 5.32 Å². The summed E-state index contributed by atoms with van der Waals surface area (Å²) in [5.41, 5.74) is -0.348. The third-order valence-electron chi connectivity index (χ3n) is 2.77. The fourth-order valence-corrected chi connectivity index (χ4v) is 1.77. The number of unbranched alkanes of at least 4 members (excludes halogenated alkanes) is 2. The van der Waals surface area contributed by atoms with Crippen molar-refractivity contribution in [3.8, 4) is 5.75 Å². The van der Waals surface area contributed by atoms with Gasteiger partial charge in [0.1, 0.15) is 5.75 Å². The quantitative estimate of drug-likeness (QED) is 0.427. The lowest BCUT2D eigenvalue weighted by Gasteiger charge is -2.09. The monoisotopic (exact) mass is 282 g/mol. The zero-order valence-electron chi connectivity index (χ0n) is 11.3. The molecule has 1 rings (SSSR count). The predicted molar refractivity (Wildman–Crippen MR) is 72.9 cm³/mol. The van der Waals surface area contributed by atoms with Crippen LogP contribution in [0.15, 0.2) is 18.2 Å². The van der Waals surface area contributed by atoms with Crippen LogP contribution in [0, 0.1) is 10.1 Å². The first kappa shape index (κ1) is 15.9. The van der Waals surface area contributed by atoms with Crippen molar-refractivity contribution in [2.75, 3.05) is 20.3 Å². The van der Waals surface area contributed by atoms with E-state index < -0.39 is 10.8 Å². The van der Waals surface area contributed by atoms with Crippen LogP contribution in [0.3, 0.4) is 0 Å². The van der Waals surface area contributed by atoms with E-state index in [0.29, 0.717) is 19.4 Å². The topological polar surface area (TPSA) is 102 Å². The van der Waals surface area contributed by atoms with Crippen LogP contribution in [0.1, 0.15) is 29.6 Å². The molecule has 7 heteroatoms. The van der Waals surface area contributed by atoms with Crippen LogP contribution in [0.25, 0.3) is 0 Å². The normalized spacial score (nSPS) is 10.1. The lowest BCUT2D eigenvalue weighted by molar-refractivity contribution is -0.385. The molecule has 0 spiro atoms. The van der Waals surface area contributed by atoms with Gasteiger partial charge >= 0.3 is 0 Å². The molecule has 1 amide bonds. The van der Waals surface area contributed by atoms with E-state index in [0.717, 1.165) is 6.42 Å². The third kappa shape index (κ3) is 4.20. The van der Waals surface area contributed by atoms with Crippen molar-refractivity contribution < 1.29 is 19.6 Å². The Morgan fingerprint density at radius 1 is 1.40 bits per heavy atom. The maximum atomic E-state index is 12.0. The molecule has 0 aliphatic rings. The molecule has 7 nitrogen and oxygen atoms in total. The highest BCUT2D eigenvalue weighted by atomic mass is 16.6. The molecule has 20 heavy (non-hydrogen) atoms. The lowest BCUT2D eigenvalue weighted by Crippen LogP contribution is -2.25. The zero-order chi connectivity index (χ0) is 15.0. The standard InChI is InChI=1S/C13H18N2O5/c1-20-11-7-5-6-10(15(18)19)12(11)13(17)14-8-3-2-4-9-16/h5-7,16H,2-4,8-9H2,1H3,(H,14,17). The summed E-state index contributed by atoms with van der Waals surface area (Å²) in [5, 5.41) is 22.2. The molecule has 0 radical (unpaired) electrons. The molecular formula is C13H18N2O5. The van der Waals surface area contributed by atoms with Crippen LogP contribution in [0.4, 0.5) is 5.69 Å². The van der Waals surface area contributed by atoms with Crippen LogP contribution in [0.2, 0.25) is 0 Å². The molecule has 0 saturated heterocycles. The molecule has 0 aliphatic heterocycles. The maximum Gasteiger partial charge on any atom is 0.285 e. The number of carbonyl (C=O) groups is 1. The molecule has 0 aromatic heterocycles. The number of nitro benzene ring substituents is 1. The first-order valence-corrected chi connectivity index (χ1v) is 6.32. The molecule has 0 saturated carbocycles. The fraction of sp³-hybridized carbons (Fsp3) is 0.462. The number of hydrogen-bond donors (Lipinski definition) is 2. The number of benzene rings is 1. The Morgan fingerprint density at radius 3 is 2.75 bits per heavy atom. The second-order valence-corrected chi connectivity index (χ2v) is 4.15. The van der Waals surface area contributed by atoms with Gasteiger partial charge in [0, 0.05) is 19.2 Å². The third-order valence-corrected chi connectivity index (χ3v) is 2.77. The summed E-state index contributed by atoms with van der Waals surface area (Å²) in [6, 6.07) is 4.24. The lowest BCUT2D eigenvalue weighted by atomic mass is 10.1. The van der Waals surface area contributed by atoms with Crippen LogP contribution in [-0.2, 0) is 0 Å². The van der Waals surface area contributed by atoms with Crippen molar-refractivity contribution in [1.29, 1.82) is 0 Å². The van der Waals surface area contributed by atoms with Gasteiger partial charge in [-0.05, 0) is 25.3 Å². The number of ether oxygens (including phenoxy) is 1. The molecule has 0 atom stereocenters. The average Bonchev–Trinajstić information content (AvgIpc) is 2.45. The Hall–Kier alpha value is -2.15. The first-order valence-electron chi connectivity index (χ1n) is 6.32. The summed E-state index contributed by atoms with van der Waals surface area (Å²) in [4.78, 5) is 22.4. The number of aliphatic hydroxyl groups excluding tert-OH is 1. The number of aliphatic hydroxyl groups is 1. The molecule has 0 fully saturated rings. The van der Waals surface area contributed by atoms with E-state index in [9.17, 15) is 14.9 Å². The van der Waals surface area contributed by atoms with E-state index in [-0.39, 0.29) is 23.6 Å². The number of nitrogens with one attached hydrogen (secondary N) is 1. The number of carbonyl (C=O) groups excluding carboxylic acids is 1. The van der Waals surface area contributed by atoms with Gasteiger partial charge in [-0.25, -0.2) is 0 Å². The van der Waals surface area contributed by atoms with Gasteiger partial charge in [-0.2, -0.15) is 0 Å². The van der Waals surface area contributed by atoms with E-state index >= 15 is 0 Å². The minimum Gasteiger partial charge on any atom is -0.496 e. The SMILES string of the molecule is COc1cccc([N+](=O)[O-])c1C(=O)NCCCCCO. The van der Waals surface area contributed by atoms with Gasteiger partial charge in [-0.1, -0.05) is 6.07 Å². The minimum atomic E-state index is -0.608. The highest BCUT2D eigenvalue weighted by molar-refractivity contribution is 6.00. The van der Waals surface area contributed by atoms with Crippen molar-refractivity contribution in [2.24, 2.45) is 0 Å². The van der Waals surface area contributed by atoms with Gasteiger partial charge in [-0.3, -0.25) is 14.9 Å². The highest BCUT2D eigenvalue weighted by Gasteiger charge is 2.24. The van der Waals surface area contributed by atoms with Gasteiger partial charge < -0.3 is 15.2 Å². The van der Waals surface area contributed by atoms with E-state index in [1.807, 2.05) is 0 Å². The predicted octanol–water partition coefficient (Wildman–Crippen LogP) is 1.50. The van der Waals surface area contributed by atoms with E-state index in [1.54, 1.807) is 0 Å². The number of hydrogen-bond acceptors (Lipinski definition) is 5. The molecule has 0 bridgehead atoms. The van der Waals surface area contributed by atoms with Gasteiger partial charge in [0.2, 0.25) is 0 Å². The largest absolute Gasteiger partial charge is 0.496 e. The van der Waals surface area contributed by atoms with Gasteiger partial charge in [0.25, 0.3) is 11.6 Å². The average molecular weight is 282 g/mol. The fourth-order valence-electron chi connectivity index (χ4n) is 1.77. The summed E-state index contributed by atoms with van der Waals surface area (Å²) in [6.07, 6.45) is 2.16. The Bertz CT molecular complexity index is 476. The molecule has 2 N–H and O–H groups in total. The van der Waals surface area contributed by atoms with Gasteiger partial charge in [0.05, 0.1) is 12.0 Å². The van der Waals surface area contributed by atoms with Crippen LogP contribution in [0.5, 0.6) is 5.75 Å². The second-order valence-electron chi connectivity index (χ2n) is 4.15. The summed E-state index contributed by atoms with van der Waals surface area (Å²) >= 11 is 0. The molecule has 0 heterocycles. The number of nitro groups is 1. The highest BCUT2D eigenvalue weighted by Crippen LogP contribution is 2.27. The zero-order valence-corrected chi connectivity index (χ0v) is 11.3. The smallest absolute Gasteiger partial charge is 0.285 e. The summed E-state index contributed by atoms with van der Waals surface area (Å²) in [7, 11) is 1.36. The Balaban J connectivity index is 2.78. The Morgan fingerprint density at radius 2 is 2.15 bits per heavy atom. The summed E-state index contributed by atoms with van der Waals surface area (Å²) in [6.45, 7) is 0.514. The minimum absolute atomic E-state index is 0.0674. The second kappa shape index (κ2) is 8.11. The van der Waals surface area contributed by atoms with Crippen molar-refractivity contribution in [3.05, 3.63) is 33.9 Å². The molecule has 1 aromatic carbocycles. The summed E-state index contributed by atoms with van der Waals surface area (Å²) in [5.74, 6) is -0.356. The van der Waals surface area contributed by atoms with Crippen molar-refractivity contribution >= 4 is 11.6 Å². The number of nitrogens with zero attached hydrogens (tertiary/aromatic N) is 1. The molecule has 0 aliphatic carbocycles. The van der Waals surface area contributed by atoms with Crippen molar-refractivity contribution in [3.63, 3.8) is 0 Å². The first-order chi connectivity index (χ1) is 9.61. The van der Waals surface area contributed by atoms with Crippen LogP contribution in [-0.4, -0.2) is 36.2 Å².